The lowest BCUT2D eigenvalue weighted by molar-refractivity contribution is 0.0997. The molecule has 0 fully saturated rings. The summed E-state index contributed by atoms with van der Waals surface area (Å²) in [5, 5.41) is 0.274. The second kappa shape index (κ2) is 10.1. The Morgan fingerprint density at radius 3 is 2.44 bits per heavy atom. The molecule has 4 rings (SSSR count). The Labute approximate surface area is 203 Å². The number of aryl methyl sites for hydroxylation is 1. The number of halogens is 1. The molecule has 0 unspecified atom stereocenters. The summed E-state index contributed by atoms with van der Waals surface area (Å²) in [6, 6.07) is 25.8. The predicted molar refractivity (Wildman–Crippen MR) is 133 cm³/mol. The summed E-state index contributed by atoms with van der Waals surface area (Å²) in [5.74, 6) is -0.543. The van der Waals surface area contributed by atoms with Crippen molar-refractivity contribution in [2.75, 3.05) is 4.72 Å². The van der Waals surface area contributed by atoms with Gasteiger partial charge in [-0.05, 0) is 55.0 Å². The number of carbonyl (C=O) groups excluding carboxylic acids is 1. The first-order valence-electron chi connectivity index (χ1n) is 10.5. The maximum absolute atomic E-state index is 12.9. The molecule has 0 aliphatic heterocycles. The van der Waals surface area contributed by atoms with E-state index in [1.54, 1.807) is 36.4 Å². The Kier molecular flexibility index (Phi) is 6.95. The van der Waals surface area contributed by atoms with E-state index in [2.05, 4.69) is 9.71 Å². The molecule has 1 amide bonds. The molecule has 0 saturated carbocycles. The van der Waals surface area contributed by atoms with E-state index in [4.69, 9.17) is 11.6 Å². The van der Waals surface area contributed by atoms with Gasteiger partial charge in [0.25, 0.3) is 15.9 Å². The summed E-state index contributed by atoms with van der Waals surface area (Å²) < 4.78 is 30.0. The van der Waals surface area contributed by atoms with Gasteiger partial charge in [-0.3, -0.25) is 9.52 Å². The highest BCUT2D eigenvalue weighted by Gasteiger charge is 2.17. The minimum atomic E-state index is -3.95. The van der Waals surface area contributed by atoms with Crippen LogP contribution in [0.2, 0.25) is 5.02 Å². The van der Waals surface area contributed by atoms with Gasteiger partial charge < -0.3 is 4.57 Å². The van der Waals surface area contributed by atoms with E-state index >= 15 is 0 Å². The van der Waals surface area contributed by atoms with Crippen LogP contribution in [0.3, 0.4) is 0 Å². The van der Waals surface area contributed by atoms with Gasteiger partial charge in [-0.1, -0.05) is 65.7 Å². The monoisotopic (exact) mass is 491 g/mol. The molecule has 8 heteroatoms. The van der Waals surface area contributed by atoms with Crippen molar-refractivity contribution in [3.8, 4) is 0 Å². The molecule has 0 spiro atoms. The van der Waals surface area contributed by atoms with Gasteiger partial charge in [0.15, 0.2) is 0 Å². The van der Waals surface area contributed by atoms with Crippen LogP contribution in [0, 0.1) is 6.92 Å². The molecule has 1 heterocycles. The van der Waals surface area contributed by atoms with Gasteiger partial charge in [-0.25, -0.2) is 8.42 Å². The van der Waals surface area contributed by atoms with Crippen LogP contribution < -0.4 is 10.2 Å². The molecule has 6 nitrogen and oxygen atoms in total. The lowest BCUT2D eigenvalue weighted by Crippen LogP contribution is -2.22. The van der Waals surface area contributed by atoms with Crippen molar-refractivity contribution in [1.82, 2.24) is 4.57 Å². The Hall–Kier alpha value is -3.68. The van der Waals surface area contributed by atoms with Gasteiger partial charge in [-0.15, -0.1) is 0 Å². The maximum atomic E-state index is 12.9. The Morgan fingerprint density at radius 1 is 0.941 bits per heavy atom. The van der Waals surface area contributed by atoms with Gasteiger partial charge >= 0.3 is 0 Å². The first kappa shape index (κ1) is 23.5. The number of amides is 1. The highest BCUT2D eigenvalue weighted by molar-refractivity contribution is 7.92. The Morgan fingerprint density at radius 2 is 1.68 bits per heavy atom. The molecule has 0 atom stereocenters. The SMILES string of the molecule is Cc1ccc(Cn2ccccc2=NC(=O)c2cccc(S(=O)(=O)Nc3ccccc3Cl)c2)cc1. The highest BCUT2D eigenvalue weighted by atomic mass is 35.5. The molecule has 0 radical (unpaired) electrons. The lowest BCUT2D eigenvalue weighted by Gasteiger charge is -2.10. The minimum Gasteiger partial charge on any atom is -0.328 e. The normalized spacial score (nSPS) is 11.9. The average Bonchev–Trinajstić information content (AvgIpc) is 2.83. The molecule has 0 aliphatic rings. The fourth-order valence-electron chi connectivity index (χ4n) is 3.31. The lowest BCUT2D eigenvalue weighted by atomic mass is 10.1. The number of sulfonamides is 1. The average molecular weight is 492 g/mol. The zero-order chi connectivity index (χ0) is 24.1. The van der Waals surface area contributed by atoms with Gasteiger partial charge in [0.2, 0.25) is 0 Å². The number of nitrogens with zero attached hydrogens (tertiary/aromatic N) is 2. The van der Waals surface area contributed by atoms with Crippen molar-refractivity contribution in [2.45, 2.75) is 18.4 Å². The van der Waals surface area contributed by atoms with Crippen LogP contribution in [0.1, 0.15) is 21.5 Å². The van der Waals surface area contributed by atoms with E-state index in [0.717, 1.165) is 5.56 Å². The van der Waals surface area contributed by atoms with Crippen molar-refractivity contribution in [3.63, 3.8) is 0 Å². The van der Waals surface area contributed by atoms with E-state index in [1.807, 2.05) is 48.0 Å². The number of rotatable bonds is 6. The number of pyridine rings is 1. The second-order valence-corrected chi connectivity index (χ2v) is 9.79. The molecule has 0 saturated heterocycles. The zero-order valence-corrected chi connectivity index (χ0v) is 19.9. The van der Waals surface area contributed by atoms with Crippen LogP contribution in [0.4, 0.5) is 5.69 Å². The third-order valence-electron chi connectivity index (χ3n) is 5.12. The molecule has 1 aromatic heterocycles. The van der Waals surface area contributed by atoms with E-state index in [1.165, 1.54) is 29.8 Å². The van der Waals surface area contributed by atoms with Crippen LogP contribution >= 0.6 is 11.6 Å². The smallest absolute Gasteiger partial charge is 0.278 e. The summed E-state index contributed by atoms with van der Waals surface area (Å²) in [6.07, 6.45) is 1.85. The molecule has 1 N–H and O–H groups in total. The van der Waals surface area contributed by atoms with Crippen molar-refractivity contribution in [3.05, 3.63) is 124 Å². The molecule has 172 valence electrons. The largest absolute Gasteiger partial charge is 0.328 e. The summed E-state index contributed by atoms with van der Waals surface area (Å²) in [6.45, 7) is 2.57. The number of hydrogen-bond donors (Lipinski definition) is 1. The maximum Gasteiger partial charge on any atom is 0.278 e. The third-order valence-corrected chi connectivity index (χ3v) is 6.81. The zero-order valence-electron chi connectivity index (χ0n) is 18.4. The van der Waals surface area contributed by atoms with Gasteiger partial charge in [0, 0.05) is 18.3 Å². The van der Waals surface area contributed by atoms with Crippen molar-refractivity contribution >= 4 is 33.2 Å². The van der Waals surface area contributed by atoms with E-state index in [-0.39, 0.29) is 21.2 Å². The summed E-state index contributed by atoms with van der Waals surface area (Å²) in [7, 11) is -3.95. The fourth-order valence-corrected chi connectivity index (χ4v) is 4.67. The fraction of sp³-hybridized carbons (Fsp3) is 0.0769. The van der Waals surface area contributed by atoms with Crippen molar-refractivity contribution < 1.29 is 13.2 Å². The molecule has 0 aliphatic carbocycles. The van der Waals surface area contributed by atoms with Crippen LogP contribution in [0.25, 0.3) is 0 Å². The molecule has 34 heavy (non-hydrogen) atoms. The number of aromatic nitrogens is 1. The number of anilines is 1. The van der Waals surface area contributed by atoms with Crippen molar-refractivity contribution in [2.24, 2.45) is 4.99 Å². The van der Waals surface area contributed by atoms with E-state index in [0.29, 0.717) is 12.0 Å². The van der Waals surface area contributed by atoms with E-state index in [9.17, 15) is 13.2 Å². The molecule has 0 bridgehead atoms. The van der Waals surface area contributed by atoms with Gasteiger partial charge in [0.05, 0.1) is 15.6 Å². The third kappa shape index (κ3) is 5.62. The number of benzene rings is 3. The molecular formula is C26H22ClN3O3S. The minimum absolute atomic E-state index is 0.0611. The van der Waals surface area contributed by atoms with Crippen molar-refractivity contribution in [1.29, 1.82) is 0 Å². The summed E-state index contributed by atoms with van der Waals surface area (Å²) in [5.41, 5.74) is 3.13. The highest BCUT2D eigenvalue weighted by Crippen LogP contribution is 2.24. The first-order chi connectivity index (χ1) is 16.3. The topological polar surface area (TPSA) is 80.5 Å². The standard InChI is InChI=1S/C26H22ClN3O3S/c1-19-12-14-20(15-13-19)18-30-16-5-4-11-25(30)28-26(31)21-7-6-8-22(17-21)34(32,33)29-24-10-3-2-9-23(24)27/h2-17,29H,18H2,1H3. The first-order valence-corrected chi connectivity index (χ1v) is 12.4. The second-order valence-electron chi connectivity index (χ2n) is 7.70. The molecule has 4 aromatic rings. The number of para-hydroxylation sites is 1. The quantitative estimate of drug-likeness (QED) is 0.410. The molecule has 3 aromatic carbocycles. The Balaban J connectivity index is 1.62. The summed E-state index contributed by atoms with van der Waals surface area (Å²) >= 11 is 6.07. The van der Waals surface area contributed by atoms with Crippen LogP contribution in [-0.2, 0) is 16.6 Å². The summed E-state index contributed by atoms with van der Waals surface area (Å²) in [4.78, 5) is 17.1. The van der Waals surface area contributed by atoms with Crippen LogP contribution in [0.15, 0.2) is 107 Å². The van der Waals surface area contributed by atoms with Crippen LogP contribution in [0.5, 0.6) is 0 Å². The number of nitrogens with one attached hydrogen (secondary N) is 1. The van der Waals surface area contributed by atoms with Crippen LogP contribution in [-0.4, -0.2) is 18.9 Å². The molecular weight excluding hydrogens is 470 g/mol. The van der Waals surface area contributed by atoms with E-state index < -0.39 is 15.9 Å². The number of carbonyl (C=O) groups is 1. The van der Waals surface area contributed by atoms with Gasteiger partial charge in [0.1, 0.15) is 5.49 Å². The predicted octanol–water partition coefficient (Wildman–Crippen LogP) is 5.04. The Bertz CT molecular complexity index is 1510. The van der Waals surface area contributed by atoms with Gasteiger partial charge in [-0.2, -0.15) is 4.99 Å². The number of hydrogen-bond acceptors (Lipinski definition) is 3.